The Hall–Kier alpha value is -2.85. The van der Waals surface area contributed by atoms with Crippen LogP contribution in [0.3, 0.4) is 0 Å². The molecule has 0 saturated carbocycles. The summed E-state index contributed by atoms with van der Waals surface area (Å²) in [6.45, 7) is 1.33. The summed E-state index contributed by atoms with van der Waals surface area (Å²) in [6.07, 6.45) is -0.338. The van der Waals surface area contributed by atoms with E-state index in [4.69, 9.17) is 4.74 Å². The van der Waals surface area contributed by atoms with Crippen LogP contribution >= 0.6 is 11.7 Å². The standard InChI is InChI=1S/C18H17N3O5S2/c1-12-5-7-13(8-6-12)28(24,25)10-9-17(23)26-11-16(22)19-14-3-2-4-15-18(14)21-27-20-15/h2-8H,9-11H2,1H3,(H,19,22). The molecule has 0 aliphatic carbocycles. The fourth-order valence-electron chi connectivity index (χ4n) is 2.39. The predicted octanol–water partition coefficient (Wildman–Crippen LogP) is 2.35. The molecule has 3 aromatic rings. The van der Waals surface area contributed by atoms with Crippen molar-refractivity contribution < 1.29 is 22.7 Å². The number of aromatic nitrogens is 2. The predicted molar refractivity (Wildman–Crippen MR) is 105 cm³/mol. The average Bonchev–Trinajstić information content (AvgIpc) is 3.15. The smallest absolute Gasteiger partial charge is 0.307 e. The number of anilines is 1. The maximum Gasteiger partial charge on any atom is 0.307 e. The van der Waals surface area contributed by atoms with Crippen molar-refractivity contribution in [3.63, 3.8) is 0 Å². The SMILES string of the molecule is Cc1ccc(S(=O)(=O)CCC(=O)OCC(=O)Nc2cccc3nsnc23)cc1. The molecule has 3 rings (SSSR count). The lowest BCUT2D eigenvalue weighted by atomic mass is 10.2. The molecule has 0 radical (unpaired) electrons. The van der Waals surface area contributed by atoms with Crippen LogP contribution in [-0.4, -0.2) is 41.4 Å². The molecule has 1 aromatic heterocycles. The molecule has 0 unspecified atom stereocenters. The zero-order valence-corrected chi connectivity index (χ0v) is 16.5. The van der Waals surface area contributed by atoms with Crippen molar-refractivity contribution in [2.75, 3.05) is 17.7 Å². The molecule has 10 heteroatoms. The van der Waals surface area contributed by atoms with Gasteiger partial charge in [0.1, 0.15) is 11.0 Å². The van der Waals surface area contributed by atoms with Crippen molar-refractivity contribution >= 4 is 50.2 Å². The lowest BCUT2D eigenvalue weighted by molar-refractivity contribution is -0.146. The van der Waals surface area contributed by atoms with Crippen LogP contribution < -0.4 is 5.32 Å². The monoisotopic (exact) mass is 419 g/mol. The number of benzene rings is 2. The minimum Gasteiger partial charge on any atom is -0.456 e. The van der Waals surface area contributed by atoms with Crippen molar-refractivity contribution in [3.05, 3.63) is 48.0 Å². The van der Waals surface area contributed by atoms with E-state index in [0.717, 1.165) is 17.3 Å². The van der Waals surface area contributed by atoms with Crippen LogP contribution in [0.2, 0.25) is 0 Å². The molecule has 0 spiro atoms. The number of carbonyl (C=O) groups is 2. The van der Waals surface area contributed by atoms with E-state index in [9.17, 15) is 18.0 Å². The van der Waals surface area contributed by atoms with Crippen molar-refractivity contribution in [1.29, 1.82) is 0 Å². The van der Waals surface area contributed by atoms with Crippen LogP contribution in [0.25, 0.3) is 11.0 Å². The molecule has 0 saturated heterocycles. The number of hydrogen-bond donors (Lipinski definition) is 1. The number of rotatable bonds is 7. The minimum atomic E-state index is -3.59. The fraction of sp³-hybridized carbons (Fsp3) is 0.222. The lowest BCUT2D eigenvalue weighted by Crippen LogP contribution is -2.22. The molecule has 2 aromatic carbocycles. The first-order chi connectivity index (χ1) is 13.3. The van der Waals surface area contributed by atoms with Gasteiger partial charge in [-0.3, -0.25) is 9.59 Å². The zero-order valence-electron chi connectivity index (χ0n) is 14.9. The van der Waals surface area contributed by atoms with Gasteiger partial charge in [-0.1, -0.05) is 23.8 Å². The number of sulfone groups is 1. The van der Waals surface area contributed by atoms with Gasteiger partial charge in [-0.05, 0) is 31.2 Å². The second-order valence-corrected chi connectivity index (χ2v) is 8.67. The van der Waals surface area contributed by atoms with Crippen LogP contribution in [0.4, 0.5) is 5.69 Å². The van der Waals surface area contributed by atoms with E-state index >= 15 is 0 Å². The van der Waals surface area contributed by atoms with E-state index in [1.807, 2.05) is 6.92 Å². The zero-order chi connectivity index (χ0) is 20.1. The molecule has 0 atom stereocenters. The summed E-state index contributed by atoms with van der Waals surface area (Å²) in [6, 6.07) is 11.5. The summed E-state index contributed by atoms with van der Waals surface area (Å²) >= 11 is 1.03. The summed E-state index contributed by atoms with van der Waals surface area (Å²) < 4.78 is 37.5. The maximum atomic E-state index is 12.2. The molecule has 0 bridgehead atoms. The summed E-state index contributed by atoms with van der Waals surface area (Å²) in [5, 5.41) is 2.60. The molecule has 146 valence electrons. The molecular weight excluding hydrogens is 402 g/mol. The van der Waals surface area contributed by atoms with Crippen molar-refractivity contribution in [3.8, 4) is 0 Å². The summed E-state index contributed by atoms with van der Waals surface area (Å²) in [7, 11) is -3.59. The van der Waals surface area contributed by atoms with Gasteiger partial charge in [-0.2, -0.15) is 8.75 Å². The topological polar surface area (TPSA) is 115 Å². The van der Waals surface area contributed by atoms with Gasteiger partial charge in [0.25, 0.3) is 5.91 Å². The van der Waals surface area contributed by atoms with Crippen LogP contribution in [0.5, 0.6) is 0 Å². The number of nitrogens with zero attached hydrogens (tertiary/aromatic N) is 2. The first-order valence-electron chi connectivity index (χ1n) is 8.31. The molecule has 8 nitrogen and oxygen atoms in total. The van der Waals surface area contributed by atoms with Crippen molar-refractivity contribution in [2.45, 2.75) is 18.2 Å². The van der Waals surface area contributed by atoms with Gasteiger partial charge in [0.05, 0.1) is 34.5 Å². The molecular formula is C18H17N3O5S2. The van der Waals surface area contributed by atoms with Crippen molar-refractivity contribution in [2.24, 2.45) is 0 Å². The Labute approximate surface area is 165 Å². The second kappa shape index (κ2) is 8.44. The maximum absolute atomic E-state index is 12.2. The van der Waals surface area contributed by atoms with Crippen LogP contribution in [0.15, 0.2) is 47.4 Å². The minimum absolute atomic E-state index is 0.147. The third kappa shape index (κ3) is 4.90. The largest absolute Gasteiger partial charge is 0.456 e. The highest BCUT2D eigenvalue weighted by atomic mass is 32.2. The summed E-state index contributed by atoms with van der Waals surface area (Å²) in [5.74, 6) is -1.70. The first kappa shape index (κ1) is 19.9. The highest BCUT2D eigenvalue weighted by Gasteiger charge is 2.18. The van der Waals surface area contributed by atoms with E-state index < -0.39 is 28.3 Å². The Bertz CT molecular complexity index is 1110. The van der Waals surface area contributed by atoms with E-state index in [1.54, 1.807) is 30.3 Å². The highest BCUT2D eigenvalue weighted by Crippen LogP contribution is 2.21. The van der Waals surface area contributed by atoms with Crippen LogP contribution in [0.1, 0.15) is 12.0 Å². The van der Waals surface area contributed by atoms with E-state index in [0.29, 0.717) is 16.7 Å². The Balaban J connectivity index is 1.49. The van der Waals surface area contributed by atoms with Gasteiger partial charge in [0.15, 0.2) is 16.4 Å². The van der Waals surface area contributed by atoms with Gasteiger partial charge >= 0.3 is 5.97 Å². The Morgan fingerprint density at radius 1 is 1.11 bits per heavy atom. The quantitative estimate of drug-likeness (QED) is 0.584. The number of aryl methyl sites for hydroxylation is 1. The van der Waals surface area contributed by atoms with E-state index in [-0.39, 0.29) is 17.1 Å². The molecule has 1 amide bonds. The molecule has 0 aliphatic rings. The average molecular weight is 419 g/mol. The molecule has 0 aliphatic heterocycles. The number of fused-ring (bicyclic) bond motifs is 1. The fourth-order valence-corrected chi connectivity index (χ4v) is 4.16. The van der Waals surface area contributed by atoms with Gasteiger partial charge in [0, 0.05) is 0 Å². The van der Waals surface area contributed by atoms with Crippen LogP contribution in [-0.2, 0) is 24.2 Å². The summed E-state index contributed by atoms with van der Waals surface area (Å²) in [4.78, 5) is 23.9. The van der Waals surface area contributed by atoms with Gasteiger partial charge in [-0.25, -0.2) is 8.42 Å². The Kier molecular flexibility index (Phi) is 6.00. The molecule has 28 heavy (non-hydrogen) atoms. The number of hydrogen-bond acceptors (Lipinski definition) is 8. The summed E-state index contributed by atoms with van der Waals surface area (Å²) in [5.41, 5.74) is 2.61. The first-order valence-corrected chi connectivity index (χ1v) is 10.7. The third-order valence-electron chi connectivity index (χ3n) is 3.88. The second-order valence-electron chi connectivity index (χ2n) is 6.03. The van der Waals surface area contributed by atoms with Gasteiger partial charge in [0.2, 0.25) is 0 Å². The van der Waals surface area contributed by atoms with Crippen molar-refractivity contribution in [1.82, 2.24) is 8.75 Å². The lowest BCUT2D eigenvalue weighted by Gasteiger charge is -2.07. The number of ether oxygens (including phenoxy) is 1. The van der Waals surface area contributed by atoms with E-state index in [1.165, 1.54) is 12.1 Å². The Morgan fingerprint density at radius 2 is 1.86 bits per heavy atom. The third-order valence-corrected chi connectivity index (χ3v) is 6.15. The number of nitrogens with one attached hydrogen (secondary N) is 1. The Morgan fingerprint density at radius 3 is 2.61 bits per heavy atom. The number of amides is 1. The molecule has 1 N–H and O–H groups in total. The van der Waals surface area contributed by atoms with E-state index in [2.05, 4.69) is 14.1 Å². The molecule has 0 fully saturated rings. The highest BCUT2D eigenvalue weighted by molar-refractivity contribution is 7.91. The van der Waals surface area contributed by atoms with Gasteiger partial charge < -0.3 is 10.1 Å². The molecule has 1 heterocycles. The normalized spacial score (nSPS) is 11.3. The number of carbonyl (C=O) groups excluding carboxylic acids is 2. The van der Waals surface area contributed by atoms with Gasteiger partial charge in [-0.15, -0.1) is 0 Å². The number of esters is 1. The van der Waals surface area contributed by atoms with Crippen LogP contribution in [0, 0.1) is 6.92 Å².